The Labute approximate surface area is 110 Å². The lowest BCUT2D eigenvalue weighted by Crippen LogP contribution is -2.02. The summed E-state index contributed by atoms with van der Waals surface area (Å²) in [5, 5.41) is 8.10. The highest BCUT2D eigenvalue weighted by Crippen LogP contribution is 2.29. The summed E-state index contributed by atoms with van der Waals surface area (Å²) in [5.41, 5.74) is 7.49. The Kier molecular flexibility index (Phi) is 3.87. The lowest BCUT2D eigenvalue weighted by atomic mass is 10.1. The number of rotatable bonds is 3. The average molecular weight is 255 g/mol. The number of anilines is 1. The molecule has 0 heterocycles. The van der Waals surface area contributed by atoms with Gasteiger partial charge in [-0.3, -0.25) is 0 Å². The first kappa shape index (κ1) is 12.8. The second-order valence-electron chi connectivity index (χ2n) is 3.77. The Hall–Kier alpha value is -2.69. The van der Waals surface area contributed by atoms with Gasteiger partial charge in [0.1, 0.15) is 5.69 Å². The zero-order valence-corrected chi connectivity index (χ0v) is 10.4. The number of methoxy groups -OCH3 is 1. The Balaban J connectivity index is 2.39. The van der Waals surface area contributed by atoms with Crippen molar-refractivity contribution >= 4 is 23.0 Å². The maximum atomic E-state index is 11.6. The monoisotopic (exact) mass is 255 g/mol. The molecule has 0 aliphatic heterocycles. The number of hydrogen-bond donors (Lipinski definition) is 1. The molecule has 0 aliphatic rings. The van der Waals surface area contributed by atoms with Gasteiger partial charge in [-0.05, 0) is 24.3 Å². The first-order valence-corrected chi connectivity index (χ1v) is 5.66. The predicted octanol–water partition coefficient (Wildman–Crippen LogP) is 3.47. The molecule has 0 unspecified atom stereocenters. The first-order valence-electron chi connectivity index (χ1n) is 5.66. The quantitative estimate of drug-likeness (QED) is 0.518. The number of carbonyl (C=O) groups is 1. The molecule has 0 radical (unpaired) electrons. The Morgan fingerprint density at radius 1 is 1.05 bits per heavy atom. The second kappa shape index (κ2) is 5.77. The van der Waals surface area contributed by atoms with E-state index in [0.717, 1.165) is 0 Å². The molecule has 0 amide bonds. The van der Waals surface area contributed by atoms with Gasteiger partial charge in [-0.1, -0.05) is 24.3 Å². The van der Waals surface area contributed by atoms with Crippen LogP contribution in [0.1, 0.15) is 10.4 Å². The van der Waals surface area contributed by atoms with E-state index in [1.54, 1.807) is 30.3 Å². The van der Waals surface area contributed by atoms with Gasteiger partial charge in [-0.25, -0.2) is 4.79 Å². The van der Waals surface area contributed by atoms with Crippen LogP contribution in [0.5, 0.6) is 0 Å². The maximum Gasteiger partial charge on any atom is 0.340 e. The number of ether oxygens (including phenoxy) is 1. The third-order valence-electron chi connectivity index (χ3n) is 2.49. The van der Waals surface area contributed by atoms with E-state index in [2.05, 4.69) is 15.0 Å². The fourth-order valence-corrected chi connectivity index (χ4v) is 1.55. The maximum absolute atomic E-state index is 11.6. The highest BCUT2D eigenvalue weighted by Gasteiger charge is 2.13. The van der Waals surface area contributed by atoms with Crippen molar-refractivity contribution in [3.63, 3.8) is 0 Å². The molecule has 2 aromatic rings. The fraction of sp³-hybridized carbons (Fsp3) is 0.0714. The summed E-state index contributed by atoms with van der Waals surface area (Å²) in [7, 11) is 1.31. The van der Waals surface area contributed by atoms with E-state index in [4.69, 9.17) is 5.73 Å². The van der Waals surface area contributed by atoms with Crippen LogP contribution in [0, 0.1) is 0 Å². The standard InChI is InChI=1S/C14H13N3O2/c1-19-14(18)11-8-5-9-12(15)13(11)17-16-10-6-3-2-4-7-10/h2-9H,15H2,1H3. The second-order valence-corrected chi connectivity index (χ2v) is 3.77. The van der Waals surface area contributed by atoms with Crippen LogP contribution in [0.2, 0.25) is 0 Å². The summed E-state index contributed by atoms with van der Waals surface area (Å²) in [6.45, 7) is 0. The summed E-state index contributed by atoms with van der Waals surface area (Å²) in [4.78, 5) is 11.6. The number of carbonyl (C=O) groups excluding carboxylic acids is 1. The highest BCUT2D eigenvalue weighted by atomic mass is 16.5. The number of benzene rings is 2. The molecular weight excluding hydrogens is 242 g/mol. The van der Waals surface area contributed by atoms with Gasteiger partial charge in [0.15, 0.2) is 0 Å². The normalized spacial score (nSPS) is 10.6. The minimum Gasteiger partial charge on any atom is -0.465 e. The molecule has 0 aromatic heterocycles. The average Bonchev–Trinajstić information content (AvgIpc) is 2.46. The summed E-state index contributed by atoms with van der Waals surface area (Å²) < 4.78 is 4.69. The number of hydrogen-bond acceptors (Lipinski definition) is 5. The van der Waals surface area contributed by atoms with E-state index in [1.165, 1.54) is 7.11 Å². The molecule has 0 atom stereocenters. The fourth-order valence-electron chi connectivity index (χ4n) is 1.55. The van der Waals surface area contributed by atoms with Crippen LogP contribution in [0.15, 0.2) is 58.8 Å². The molecule has 5 heteroatoms. The molecule has 2 N–H and O–H groups in total. The van der Waals surface area contributed by atoms with Gasteiger partial charge < -0.3 is 10.5 Å². The molecule has 2 rings (SSSR count). The van der Waals surface area contributed by atoms with Crippen LogP contribution in [-0.4, -0.2) is 13.1 Å². The highest BCUT2D eigenvalue weighted by molar-refractivity contribution is 5.97. The number of azo groups is 1. The number of esters is 1. The van der Waals surface area contributed by atoms with Gasteiger partial charge in [0, 0.05) is 0 Å². The zero-order valence-electron chi connectivity index (χ0n) is 10.4. The number of nitrogens with two attached hydrogens (primary N) is 1. The van der Waals surface area contributed by atoms with Crippen LogP contribution >= 0.6 is 0 Å². The van der Waals surface area contributed by atoms with E-state index in [0.29, 0.717) is 22.6 Å². The van der Waals surface area contributed by atoms with Crippen LogP contribution in [0.3, 0.4) is 0 Å². The van der Waals surface area contributed by atoms with Crippen molar-refractivity contribution in [3.05, 3.63) is 54.1 Å². The van der Waals surface area contributed by atoms with Crippen molar-refractivity contribution in [2.75, 3.05) is 12.8 Å². The van der Waals surface area contributed by atoms with Crippen molar-refractivity contribution in [2.45, 2.75) is 0 Å². The molecular formula is C14H13N3O2. The summed E-state index contributed by atoms with van der Waals surface area (Å²) in [6.07, 6.45) is 0. The van der Waals surface area contributed by atoms with Gasteiger partial charge in [-0.15, -0.1) is 5.11 Å². The largest absolute Gasteiger partial charge is 0.465 e. The summed E-state index contributed by atoms with van der Waals surface area (Å²) >= 11 is 0. The van der Waals surface area contributed by atoms with Gasteiger partial charge in [0.2, 0.25) is 0 Å². The third kappa shape index (κ3) is 2.95. The lowest BCUT2D eigenvalue weighted by Gasteiger charge is -2.05. The predicted molar refractivity (Wildman–Crippen MR) is 72.8 cm³/mol. The van der Waals surface area contributed by atoms with Crippen LogP contribution < -0.4 is 5.73 Å². The van der Waals surface area contributed by atoms with Crippen molar-refractivity contribution < 1.29 is 9.53 Å². The SMILES string of the molecule is COC(=O)c1cccc(N)c1N=Nc1ccccc1. The van der Waals surface area contributed by atoms with E-state index in [-0.39, 0.29) is 0 Å². The van der Waals surface area contributed by atoms with Gasteiger partial charge >= 0.3 is 5.97 Å². The number of nitrogens with zero attached hydrogens (tertiary/aromatic N) is 2. The lowest BCUT2D eigenvalue weighted by molar-refractivity contribution is 0.0601. The van der Waals surface area contributed by atoms with Crippen molar-refractivity contribution in [3.8, 4) is 0 Å². The molecule has 2 aromatic carbocycles. The molecule has 0 aliphatic carbocycles. The Morgan fingerprint density at radius 3 is 2.47 bits per heavy atom. The van der Waals surface area contributed by atoms with Crippen molar-refractivity contribution in [1.29, 1.82) is 0 Å². The van der Waals surface area contributed by atoms with Crippen molar-refractivity contribution in [1.82, 2.24) is 0 Å². The van der Waals surface area contributed by atoms with Crippen molar-refractivity contribution in [2.24, 2.45) is 10.2 Å². The molecule has 0 fully saturated rings. The van der Waals surface area contributed by atoms with Crippen LogP contribution in [0.4, 0.5) is 17.1 Å². The molecule has 19 heavy (non-hydrogen) atoms. The zero-order chi connectivity index (χ0) is 13.7. The summed E-state index contributed by atoms with van der Waals surface area (Å²) in [6, 6.07) is 14.1. The van der Waals surface area contributed by atoms with E-state index in [1.807, 2.05) is 18.2 Å². The Bertz CT molecular complexity index is 609. The minimum absolute atomic E-state index is 0.294. The van der Waals surface area contributed by atoms with E-state index >= 15 is 0 Å². The van der Waals surface area contributed by atoms with E-state index < -0.39 is 5.97 Å². The Morgan fingerprint density at radius 2 is 1.79 bits per heavy atom. The molecule has 0 saturated heterocycles. The van der Waals surface area contributed by atoms with E-state index in [9.17, 15) is 4.79 Å². The molecule has 0 saturated carbocycles. The smallest absolute Gasteiger partial charge is 0.340 e. The molecule has 5 nitrogen and oxygen atoms in total. The number of nitrogen functional groups attached to an aromatic ring is 1. The first-order chi connectivity index (χ1) is 9.22. The van der Waals surface area contributed by atoms with Gasteiger partial charge in [-0.2, -0.15) is 5.11 Å². The van der Waals surface area contributed by atoms with Crippen LogP contribution in [0.25, 0.3) is 0 Å². The molecule has 0 spiro atoms. The summed E-state index contributed by atoms with van der Waals surface area (Å²) in [5.74, 6) is -0.491. The van der Waals surface area contributed by atoms with Gasteiger partial charge in [0.05, 0.1) is 24.0 Å². The van der Waals surface area contributed by atoms with Gasteiger partial charge in [0.25, 0.3) is 0 Å². The molecule has 0 bridgehead atoms. The topological polar surface area (TPSA) is 77.0 Å². The minimum atomic E-state index is -0.491. The third-order valence-corrected chi connectivity index (χ3v) is 2.49. The van der Waals surface area contributed by atoms with Crippen LogP contribution in [-0.2, 0) is 4.74 Å². The molecule has 96 valence electrons.